The van der Waals surface area contributed by atoms with Gasteiger partial charge in [0.15, 0.2) is 0 Å². The fourth-order valence-electron chi connectivity index (χ4n) is 4.51. The maximum absolute atomic E-state index is 13.1. The Labute approximate surface area is 202 Å². The third-order valence-corrected chi connectivity index (χ3v) is 8.39. The number of hydrogen-bond acceptors (Lipinski definition) is 4. The highest BCUT2D eigenvalue weighted by atomic mass is 32.2. The van der Waals surface area contributed by atoms with E-state index in [0.717, 1.165) is 30.3 Å². The Morgan fingerprint density at radius 2 is 1.65 bits per heavy atom. The van der Waals surface area contributed by atoms with Crippen molar-refractivity contribution < 1.29 is 13.2 Å². The number of piperidine rings is 1. The number of nitrogens with zero attached hydrogens (tertiary/aromatic N) is 2. The number of nitrogens with one attached hydrogen (secondary N) is 1. The van der Waals surface area contributed by atoms with E-state index in [2.05, 4.69) is 29.4 Å². The molecule has 6 nitrogen and oxygen atoms in total. The van der Waals surface area contributed by atoms with Gasteiger partial charge in [-0.3, -0.25) is 4.79 Å². The number of fused-ring (bicyclic) bond motifs is 1. The van der Waals surface area contributed by atoms with E-state index in [9.17, 15) is 13.2 Å². The molecule has 0 saturated carbocycles. The van der Waals surface area contributed by atoms with Gasteiger partial charge in [0.05, 0.1) is 4.90 Å². The lowest BCUT2D eigenvalue weighted by Crippen LogP contribution is -2.43. The molecule has 1 amide bonds. The van der Waals surface area contributed by atoms with Crippen molar-refractivity contribution in [3.8, 4) is 0 Å². The molecule has 4 rings (SSSR count). The average Bonchev–Trinajstić information content (AvgIpc) is 2.87. The molecule has 1 heterocycles. The second-order valence-electron chi connectivity index (χ2n) is 9.06. The van der Waals surface area contributed by atoms with Crippen LogP contribution in [-0.2, 0) is 21.4 Å². The van der Waals surface area contributed by atoms with Crippen molar-refractivity contribution in [2.45, 2.75) is 30.7 Å². The van der Waals surface area contributed by atoms with Crippen molar-refractivity contribution in [2.75, 3.05) is 33.2 Å². The van der Waals surface area contributed by atoms with Crippen LogP contribution < -0.4 is 5.32 Å². The lowest BCUT2D eigenvalue weighted by atomic mass is 9.97. The van der Waals surface area contributed by atoms with Crippen LogP contribution in [0, 0.1) is 5.92 Å². The van der Waals surface area contributed by atoms with Gasteiger partial charge in [0.1, 0.15) is 0 Å². The molecule has 1 fully saturated rings. The lowest BCUT2D eigenvalue weighted by Gasteiger charge is -2.30. The van der Waals surface area contributed by atoms with Gasteiger partial charge >= 0.3 is 0 Å². The smallest absolute Gasteiger partial charge is 0.243 e. The fraction of sp³-hybridized carbons (Fsp3) is 0.370. The minimum Gasteiger partial charge on any atom is -0.356 e. The molecule has 0 radical (unpaired) electrons. The Morgan fingerprint density at radius 1 is 0.971 bits per heavy atom. The van der Waals surface area contributed by atoms with E-state index in [-0.39, 0.29) is 11.8 Å². The molecule has 0 atom stereocenters. The van der Waals surface area contributed by atoms with Crippen molar-refractivity contribution >= 4 is 26.7 Å². The molecule has 3 aromatic carbocycles. The topological polar surface area (TPSA) is 69.7 Å². The number of benzene rings is 3. The molecular formula is C27H33N3O3S. The molecular weight excluding hydrogens is 446 g/mol. The van der Waals surface area contributed by atoms with Gasteiger partial charge in [-0.25, -0.2) is 8.42 Å². The van der Waals surface area contributed by atoms with Crippen molar-refractivity contribution in [3.05, 3.63) is 78.4 Å². The molecule has 0 unspecified atom stereocenters. The first kappa shape index (κ1) is 24.4. The minimum absolute atomic E-state index is 0.0356. The van der Waals surface area contributed by atoms with E-state index in [1.807, 2.05) is 48.5 Å². The summed E-state index contributed by atoms with van der Waals surface area (Å²) in [6, 6.07) is 23.3. The van der Waals surface area contributed by atoms with Crippen LogP contribution in [-0.4, -0.2) is 56.8 Å². The van der Waals surface area contributed by atoms with Crippen LogP contribution >= 0.6 is 0 Å². The molecule has 0 aromatic heterocycles. The summed E-state index contributed by atoms with van der Waals surface area (Å²) in [5, 5.41) is 4.97. The second-order valence-corrected chi connectivity index (χ2v) is 11.0. The van der Waals surface area contributed by atoms with Crippen LogP contribution in [0.1, 0.15) is 24.8 Å². The second kappa shape index (κ2) is 11.1. The quantitative estimate of drug-likeness (QED) is 0.473. The predicted molar refractivity (Wildman–Crippen MR) is 136 cm³/mol. The van der Waals surface area contributed by atoms with Crippen LogP contribution in [0.5, 0.6) is 0 Å². The summed E-state index contributed by atoms with van der Waals surface area (Å²) in [5.74, 6) is -0.0985. The van der Waals surface area contributed by atoms with Gasteiger partial charge in [0.2, 0.25) is 15.9 Å². The number of amides is 1. The summed E-state index contributed by atoms with van der Waals surface area (Å²) in [5.41, 5.74) is 1.28. The zero-order chi connectivity index (χ0) is 24.0. The number of sulfonamides is 1. The molecule has 1 aliphatic heterocycles. The maximum Gasteiger partial charge on any atom is 0.243 e. The first-order chi connectivity index (χ1) is 16.4. The van der Waals surface area contributed by atoms with Gasteiger partial charge in [-0.2, -0.15) is 4.31 Å². The van der Waals surface area contributed by atoms with Gasteiger partial charge in [-0.05, 0) is 61.3 Å². The van der Waals surface area contributed by atoms with Crippen LogP contribution in [0.25, 0.3) is 10.8 Å². The third-order valence-electron chi connectivity index (χ3n) is 6.49. The molecule has 180 valence electrons. The summed E-state index contributed by atoms with van der Waals surface area (Å²) in [6.45, 7) is 3.16. The molecule has 1 N–H and O–H groups in total. The highest BCUT2D eigenvalue weighted by Gasteiger charge is 2.32. The zero-order valence-electron chi connectivity index (χ0n) is 19.7. The Bertz CT molecular complexity index is 1210. The number of carbonyl (C=O) groups is 1. The van der Waals surface area contributed by atoms with Crippen LogP contribution in [0.2, 0.25) is 0 Å². The van der Waals surface area contributed by atoms with E-state index in [4.69, 9.17) is 0 Å². The largest absolute Gasteiger partial charge is 0.356 e. The fourth-order valence-corrected chi connectivity index (χ4v) is 6.02. The first-order valence-electron chi connectivity index (χ1n) is 11.9. The summed E-state index contributed by atoms with van der Waals surface area (Å²) >= 11 is 0. The molecule has 0 aliphatic carbocycles. The van der Waals surface area contributed by atoms with Crippen LogP contribution in [0.4, 0.5) is 0 Å². The maximum atomic E-state index is 13.1. The van der Waals surface area contributed by atoms with Crippen molar-refractivity contribution in [1.82, 2.24) is 14.5 Å². The van der Waals surface area contributed by atoms with Gasteiger partial charge in [-0.15, -0.1) is 0 Å². The third kappa shape index (κ3) is 6.03. The van der Waals surface area contributed by atoms with Crippen molar-refractivity contribution in [3.63, 3.8) is 0 Å². The first-order valence-corrected chi connectivity index (χ1v) is 13.4. The lowest BCUT2D eigenvalue weighted by molar-refractivity contribution is -0.126. The van der Waals surface area contributed by atoms with E-state index in [1.165, 1.54) is 9.87 Å². The van der Waals surface area contributed by atoms with Crippen molar-refractivity contribution in [1.29, 1.82) is 0 Å². The van der Waals surface area contributed by atoms with E-state index in [0.29, 0.717) is 37.4 Å². The predicted octanol–water partition coefficient (Wildman–Crippen LogP) is 3.88. The standard InChI is InChI=1S/C27H33N3O3S/c1-29(21-22-8-3-2-4-9-22)17-7-16-28-27(31)24-14-18-30(19-15-24)34(32,33)26-13-12-23-10-5-6-11-25(23)20-26/h2-6,8-13,20,24H,7,14-19,21H2,1H3,(H,28,31). The monoisotopic (exact) mass is 479 g/mol. The number of hydrogen-bond donors (Lipinski definition) is 1. The van der Waals surface area contributed by atoms with Crippen LogP contribution in [0.15, 0.2) is 77.7 Å². The van der Waals surface area contributed by atoms with E-state index < -0.39 is 10.0 Å². The van der Waals surface area contributed by atoms with Gasteiger partial charge < -0.3 is 10.2 Å². The number of carbonyl (C=O) groups excluding carboxylic acids is 1. The molecule has 34 heavy (non-hydrogen) atoms. The summed E-state index contributed by atoms with van der Waals surface area (Å²) in [7, 11) is -1.48. The van der Waals surface area contributed by atoms with Gasteiger partial charge in [0.25, 0.3) is 0 Å². The van der Waals surface area contributed by atoms with Crippen LogP contribution in [0.3, 0.4) is 0 Å². The van der Waals surface area contributed by atoms with Gasteiger partial charge in [0, 0.05) is 32.1 Å². The van der Waals surface area contributed by atoms with E-state index >= 15 is 0 Å². The SMILES string of the molecule is CN(CCCNC(=O)C1CCN(S(=O)(=O)c2ccc3ccccc3c2)CC1)Cc1ccccc1. The summed E-state index contributed by atoms with van der Waals surface area (Å²) in [6.07, 6.45) is 1.98. The summed E-state index contributed by atoms with van der Waals surface area (Å²) in [4.78, 5) is 15.2. The molecule has 1 aliphatic rings. The Morgan fingerprint density at radius 3 is 2.38 bits per heavy atom. The molecule has 0 bridgehead atoms. The molecule has 1 saturated heterocycles. The van der Waals surface area contributed by atoms with Gasteiger partial charge in [-0.1, -0.05) is 60.7 Å². The molecule has 0 spiro atoms. The Hall–Kier alpha value is -2.74. The zero-order valence-corrected chi connectivity index (χ0v) is 20.5. The van der Waals surface area contributed by atoms with Crippen molar-refractivity contribution in [2.24, 2.45) is 5.92 Å². The molecule has 3 aromatic rings. The Kier molecular flexibility index (Phi) is 7.98. The normalized spacial score (nSPS) is 15.6. The van der Waals surface area contributed by atoms with E-state index in [1.54, 1.807) is 12.1 Å². The number of rotatable bonds is 9. The minimum atomic E-state index is -3.56. The Balaban J connectivity index is 1.21. The molecule has 7 heteroatoms. The average molecular weight is 480 g/mol. The summed E-state index contributed by atoms with van der Waals surface area (Å²) < 4.78 is 27.8. The highest BCUT2D eigenvalue weighted by Crippen LogP contribution is 2.26. The highest BCUT2D eigenvalue weighted by molar-refractivity contribution is 7.89.